The van der Waals surface area contributed by atoms with Gasteiger partial charge in [-0.15, -0.1) is 0 Å². The van der Waals surface area contributed by atoms with Gasteiger partial charge in [-0.1, -0.05) is 41.7 Å². The van der Waals surface area contributed by atoms with Gasteiger partial charge in [0.05, 0.1) is 17.5 Å². The quantitative estimate of drug-likeness (QED) is 0.366. The number of carbonyl (C=O) groups excluding carboxylic acids is 1. The standard InChI is InChI=1S/C29H32F3N7OS/c1-19-18-38(27-25(35-28(41-27)29(30,31)32)26-33-21-8-4-5-9-22(21)34-26)15-16-39(19)24(40)17-20-7-3-6-10-23(20)37-13-11-36(2)12-14-37/h3-10,19H,11-18H2,1-2H3,(H,33,34). The number of thiazole rings is 1. The Kier molecular flexibility index (Phi) is 7.37. The van der Waals surface area contributed by atoms with E-state index in [9.17, 15) is 18.0 Å². The topological polar surface area (TPSA) is 71.6 Å². The second-order valence-electron chi connectivity index (χ2n) is 10.8. The van der Waals surface area contributed by atoms with E-state index in [1.54, 1.807) is 6.07 Å². The van der Waals surface area contributed by atoms with Crippen molar-refractivity contribution in [2.45, 2.75) is 25.6 Å². The van der Waals surface area contributed by atoms with Crippen LogP contribution >= 0.6 is 11.3 Å². The van der Waals surface area contributed by atoms with Crippen LogP contribution in [0.5, 0.6) is 0 Å². The van der Waals surface area contributed by atoms with Crippen molar-refractivity contribution in [1.29, 1.82) is 0 Å². The summed E-state index contributed by atoms with van der Waals surface area (Å²) in [5.74, 6) is 0.330. The molecule has 12 heteroatoms. The summed E-state index contributed by atoms with van der Waals surface area (Å²) in [7, 11) is 2.11. The molecule has 41 heavy (non-hydrogen) atoms. The summed E-state index contributed by atoms with van der Waals surface area (Å²) < 4.78 is 41.2. The number of fused-ring (bicyclic) bond motifs is 1. The van der Waals surface area contributed by atoms with Crippen molar-refractivity contribution >= 4 is 39.0 Å². The maximum atomic E-state index is 13.7. The number of imidazole rings is 1. The van der Waals surface area contributed by atoms with Crippen LogP contribution in [0.3, 0.4) is 0 Å². The maximum Gasteiger partial charge on any atom is 0.443 e. The molecular formula is C29H32F3N7OS. The lowest BCUT2D eigenvalue weighted by Gasteiger charge is -2.41. The number of anilines is 2. The number of amides is 1. The third-order valence-corrected chi connectivity index (χ3v) is 9.04. The molecule has 2 fully saturated rings. The number of nitrogens with one attached hydrogen (secondary N) is 1. The SMILES string of the molecule is CC1CN(c2sc(C(F)(F)F)nc2-c2nc3ccccc3[nH]2)CCN1C(=O)Cc1ccccc1N1CCN(C)CC1. The van der Waals surface area contributed by atoms with Gasteiger partial charge in [-0.3, -0.25) is 4.79 Å². The predicted octanol–water partition coefficient (Wildman–Crippen LogP) is 4.74. The molecule has 2 aromatic carbocycles. The Morgan fingerprint density at radius 1 is 0.976 bits per heavy atom. The number of halogens is 3. The number of hydrogen-bond acceptors (Lipinski definition) is 7. The first kappa shape index (κ1) is 27.5. The second kappa shape index (κ2) is 11.0. The average molecular weight is 584 g/mol. The highest BCUT2D eigenvalue weighted by atomic mass is 32.1. The van der Waals surface area contributed by atoms with E-state index < -0.39 is 11.2 Å². The number of benzene rings is 2. The van der Waals surface area contributed by atoms with Crippen LogP contribution in [0.1, 0.15) is 17.5 Å². The van der Waals surface area contributed by atoms with Gasteiger partial charge >= 0.3 is 6.18 Å². The smallest absolute Gasteiger partial charge is 0.369 e. The highest BCUT2D eigenvalue weighted by Gasteiger charge is 2.39. The molecule has 1 amide bonds. The number of aromatic amines is 1. The Bertz CT molecular complexity index is 1510. The molecule has 0 spiro atoms. The number of H-pyrrole nitrogens is 1. The van der Waals surface area contributed by atoms with Gasteiger partial charge in [0.25, 0.3) is 0 Å². The van der Waals surface area contributed by atoms with E-state index in [1.807, 2.05) is 53.1 Å². The van der Waals surface area contributed by atoms with E-state index in [4.69, 9.17) is 0 Å². The molecule has 2 aliphatic rings. The van der Waals surface area contributed by atoms with Gasteiger partial charge in [-0.05, 0) is 37.7 Å². The lowest BCUT2D eigenvalue weighted by atomic mass is 10.1. The highest BCUT2D eigenvalue weighted by molar-refractivity contribution is 7.16. The molecule has 2 saturated heterocycles. The number of nitrogens with zero attached hydrogens (tertiary/aromatic N) is 6. The monoisotopic (exact) mass is 583 g/mol. The summed E-state index contributed by atoms with van der Waals surface area (Å²) in [6, 6.07) is 15.2. The van der Waals surface area contributed by atoms with Crippen LogP contribution in [-0.4, -0.2) is 89.6 Å². The van der Waals surface area contributed by atoms with Crippen LogP contribution in [0.15, 0.2) is 48.5 Å². The molecule has 0 saturated carbocycles. The Morgan fingerprint density at radius 3 is 2.41 bits per heavy atom. The van der Waals surface area contributed by atoms with Crippen LogP contribution in [0, 0.1) is 0 Å². The fraction of sp³-hybridized carbons (Fsp3) is 0.414. The van der Waals surface area contributed by atoms with E-state index in [2.05, 4.69) is 37.9 Å². The summed E-state index contributed by atoms with van der Waals surface area (Å²) in [6.45, 7) is 6.95. The lowest BCUT2D eigenvalue weighted by molar-refractivity contribution is -0.137. The summed E-state index contributed by atoms with van der Waals surface area (Å²) >= 11 is 0.627. The summed E-state index contributed by atoms with van der Waals surface area (Å²) in [5.41, 5.74) is 3.68. The molecule has 8 nitrogen and oxygen atoms in total. The molecule has 2 aliphatic heterocycles. The van der Waals surface area contributed by atoms with Crippen LogP contribution in [-0.2, 0) is 17.4 Å². The minimum atomic E-state index is -4.57. The van der Waals surface area contributed by atoms with Crippen molar-refractivity contribution in [3.05, 3.63) is 59.1 Å². The second-order valence-corrected chi connectivity index (χ2v) is 11.7. The Balaban J connectivity index is 1.20. The zero-order valence-corrected chi connectivity index (χ0v) is 23.8. The minimum Gasteiger partial charge on any atom is -0.369 e. The van der Waals surface area contributed by atoms with Crippen LogP contribution < -0.4 is 9.80 Å². The van der Waals surface area contributed by atoms with Crippen molar-refractivity contribution in [2.75, 3.05) is 62.7 Å². The number of aromatic nitrogens is 3. The van der Waals surface area contributed by atoms with Gasteiger partial charge < -0.3 is 24.6 Å². The van der Waals surface area contributed by atoms with Crippen molar-refractivity contribution in [1.82, 2.24) is 24.8 Å². The van der Waals surface area contributed by atoms with Crippen molar-refractivity contribution in [3.63, 3.8) is 0 Å². The third kappa shape index (κ3) is 5.62. The lowest BCUT2D eigenvalue weighted by Crippen LogP contribution is -2.54. The van der Waals surface area contributed by atoms with E-state index in [1.165, 1.54) is 0 Å². The number of alkyl halides is 3. The van der Waals surface area contributed by atoms with Crippen LogP contribution in [0.4, 0.5) is 23.9 Å². The van der Waals surface area contributed by atoms with Gasteiger partial charge in [0, 0.05) is 57.5 Å². The molecule has 0 bridgehead atoms. The van der Waals surface area contributed by atoms with Gasteiger partial charge in [-0.25, -0.2) is 9.97 Å². The third-order valence-electron chi connectivity index (χ3n) is 7.88. The first-order chi connectivity index (χ1) is 19.7. The number of likely N-dealkylation sites (N-methyl/N-ethyl adjacent to an activating group) is 1. The molecule has 1 N–H and O–H groups in total. The van der Waals surface area contributed by atoms with Crippen LogP contribution in [0.25, 0.3) is 22.6 Å². The fourth-order valence-corrected chi connectivity index (χ4v) is 6.63. The number of para-hydroxylation sites is 3. The predicted molar refractivity (Wildman–Crippen MR) is 155 cm³/mol. The van der Waals surface area contributed by atoms with Gasteiger partial charge in [-0.2, -0.15) is 13.2 Å². The summed E-state index contributed by atoms with van der Waals surface area (Å²) in [5, 5.41) is -0.495. The molecule has 2 aromatic heterocycles. The number of rotatable bonds is 5. The Hall–Kier alpha value is -3.64. The molecule has 0 radical (unpaired) electrons. The first-order valence-electron chi connectivity index (χ1n) is 13.8. The maximum absolute atomic E-state index is 13.7. The minimum absolute atomic E-state index is 0.0246. The van der Waals surface area contributed by atoms with E-state index in [-0.39, 0.29) is 24.1 Å². The van der Waals surface area contributed by atoms with Crippen LogP contribution in [0.2, 0.25) is 0 Å². The Morgan fingerprint density at radius 2 is 1.68 bits per heavy atom. The summed E-state index contributed by atoms with van der Waals surface area (Å²) in [6.07, 6.45) is -4.28. The molecule has 1 atom stereocenters. The van der Waals surface area contributed by atoms with E-state index >= 15 is 0 Å². The number of carbonyl (C=O) groups is 1. The largest absolute Gasteiger partial charge is 0.443 e. The first-order valence-corrected chi connectivity index (χ1v) is 14.6. The molecule has 216 valence electrons. The Labute approximate surface area is 240 Å². The average Bonchev–Trinajstić information content (AvgIpc) is 3.59. The van der Waals surface area contributed by atoms with Gasteiger partial charge in [0.15, 0.2) is 5.82 Å². The zero-order valence-electron chi connectivity index (χ0n) is 23.0. The summed E-state index contributed by atoms with van der Waals surface area (Å²) in [4.78, 5) is 33.6. The normalized spacial score (nSPS) is 18.9. The highest BCUT2D eigenvalue weighted by Crippen LogP contribution is 2.42. The molecular weight excluding hydrogens is 551 g/mol. The van der Waals surface area contributed by atoms with Crippen molar-refractivity contribution in [2.24, 2.45) is 0 Å². The van der Waals surface area contributed by atoms with E-state index in [0.717, 1.165) is 42.9 Å². The molecule has 1 unspecified atom stereocenters. The number of hydrogen-bond donors (Lipinski definition) is 1. The molecule has 0 aliphatic carbocycles. The molecule has 4 aromatic rings. The van der Waals surface area contributed by atoms with E-state index in [0.29, 0.717) is 47.3 Å². The van der Waals surface area contributed by atoms with Crippen molar-refractivity contribution in [3.8, 4) is 11.5 Å². The zero-order chi connectivity index (χ0) is 28.7. The van der Waals surface area contributed by atoms with Crippen molar-refractivity contribution < 1.29 is 18.0 Å². The molecule has 4 heterocycles. The van der Waals surface area contributed by atoms with Gasteiger partial charge in [0.2, 0.25) is 10.9 Å². The number of piperazine rings is 2. The van der Waals surface area contributed by atoms with Gasteiger partial charge in [0.1, 0.15) is 10.7 Å². The fourth-order valence-electron chi connectivity index (χ4n) is 5.66. The molecule has 6 rings (SSSR count).